The van der Waals surface area contributed by atoms with Crippen molar-refractivity contribution in [3.63, 3.8) is 0 Å². The Morgan fingerprint density at radius 3 is 2.62 bits per heavy atom. The van der Waals surface area contributed by atoms with Crippen molar-refractivity contribution in [1.29, 1.82) is 0 Å². The highest BCUT2D eigenvalue weighted by Crippen LogP contribution is 2.39. The summed E-state index contributed by atoms with van der Waals surface area (Å²) in [6.07, 6.45) is 4.36. The number of aromatic nitrogens is 1. The lowest BCUT2D eigenvalue weighted by atomic mass is 9.94. The van der Waals surface area contributed by atoms with Gasteiger partial charge in [-0.25, -0.2) is 0 Å². The van der Waals surface area contributed by atoms with E-state index in [0.717, 1.165) is 49.5 Å². The number of ether oxygens (including phenoxy) is 1. The first-order valence-electron chi connectivity index (χ1n) is 7.64. The summed E-state index contributed by atoms with van der Waals surface area (Å²) in [6, 6.07) is 0. The van der Waals surface area contributed by atoms with E-state index >= 15 is 0 Å². The predicted octanol–water partition coefficient (Wildman–Crippen LogP) is 3.22. The largest absolute Gasteiger partial charge is 0.479 e. The normalized spacial score (nSPS) is 18.1. The summed E-state index contributed by atoms with van der Waals surface area (Å²) in [5, 5.41) is 3.92. The Labute approximate surface area is 127 Å². The van der Waals surface area contributed by atoms with Crippen molar-refractivity contribution in [3.05, 3.63) is 11.3 Å². The second-order valence-corrected chi connectivity index (χ2v) is 10.1. The SMILES string of the molecule is COc1noc(C)c1CN1CCC(CCP(C)(C)=O)CC1. The number of likely N-dealkylation sites (tertiary alicyclic amines) is 1. The molecule has 0 atom stereocenters. The molecule has 21 heavy (non-hydrogen) atoms. The molecule has 1 aromatic heterocycles. The Morgan fingerprint density at radius 1 is 1.38 bits per heavy atom. The first kappa shape index (κ1) is 16.6. The molecule has 6 heteroatoms. The molecule has 0 radical (unpaired) electrons. The highest BCUT2D eigenvalue weighted by molar-refractivity contribution is 7.62. The average molecular weight is 314 g/mol. The van der Waals surface area contributed by atoms with Gasteiger partial charge < -0.3 is 13.8 Å². The van der Waals surface area contributed by atoms with Crippen LogP contribution in [0.4, 0.5) is 0 Å². The molecular weight excluding hydrogens is 287 g/mol. The second kappa shape index (κ2) is 6.97. The van der Waals surface area contributed by atoms with Crippen molar-refractivity contribution in [2.24, 2.45) is 5.92 Å². The van der Waals surface area contributed by atoms with Gasteiger partial charge in [-0.3, -0.25) is 4.90 Å². The lowest BCUT2D eigenvalue weighted by Gasteiger charge is -2.32. The zero-order valence-electron chi connectivity index (χ0n) is 13.6. The molecule has 120 valence electrons. The number of nitrogens with zero attached hydrogens (tertiary/aromatic N) is 2. The molecule has 1 aliphatic heterocycles. The van der Waals surface area contributed by atoms with Gasteiger partial charge in [-0.15, -0.1) is 0 Å². The molecule has 2 rings (SSSR count). The minimum absolute atomic E-state index is 0.604. The zero-order chi connectivity index (χ0) is 15.5. The van der Waals surface area contributed by atoms with Crippen LogP contribution in [-0.2, 0) is 11.1 Å². The maximum absolute atomic E-state index is 11.8. The molecule has 0 saturated carbocycles. The van der Waals surface area contributed by atoms with Crippen molar-refractivity contribution < 1.29 is 13.8 Å². The van der Waals surface area contributed by atoms with Gasteiger partial charge in [0.2, 0.25) is 0 Å². The number of aryl methyl sites for hydroxylation is 1. The van der Waals surface area contributed by atoms with Crippen LogP contribution < -0.4 is 4.74 Å². The van der Waals surface area contributed by atoms with Crippen LogP contribution in [0, 0.1) is 12.8 Å². The summed E-state index contributed by atoms with van der Waals surface area (Å²) in [5.74, 6) is 2.17. The predicted molar refractivity (Wildman–Crippen MR) is 84.7 cm³/mol. The molecule has 0 amide bonds. The van der Waals surface area contributed by atoms with Crippen LogP contribution in [0.3, 0.4) is 0 Å². The highest BCUT2D eigenvalue weighted by Gasteiger charge is 2.23. The van der Waals surface area contributed by atoms with E-state index in [2.05, 4.69) is 10.1 Å². The Morgan fingerprint density at radius 2 is 2.05 bits per heavy atom. The summed E-state index contributed by atoms with van der Waals surface area (Å²) >= 11 is 0. The molecule has 0 unspecified atom stereocenters. The summed E-state index contributed by atoms with van der Waals surface area (Å²) in [7, 11) is -0.236. The van der Waals surface area contributed by atoms with E-state index in [4.69, 9.17) is 9.26 Å². The molecule has 0 spiro atoms. The standard InChI is InChI=1S/C15H27N2O3P/c1-12-14(15(19-2)16-20-12)11-17-8-5-13(6-9-17)7-10-21(3,4)18/h13H,5-11H2,1-4H3. The first-order valence-corrected chi connectivity index (χ1v) is 10.4. The number of methoxy groups -OCH3 is 1. The number of rotatable bonds is 6. The van der Waals surface area contributed by atoms with Gasteiger partial charge in [-0.2, -0.15) is 0 Å². The van der Waals surface area contributed by atoms with Crippen LogP contribution in [0.1, 0.15) is 30.6 Å². The van der Waals surface area contributed by atoms with Crippen LogP contribution in [0.5, 0.6) is 5.88 Å². The van der Waals surface area contributed by atoms with Gasteiger partial charge in [-0.1, -0.05) is 0 Å². The van der Waals surface area contributed by atoms with E-state index in [1.54, 1.807) is 7.11 Å². The maximum Gasteiger partial charge on any atom is 0.258 e. The topological polar surface area (TPSA) is 55.6 Å². The molecule has 1 aromatic rings. The Bertz CT molecular complexity index is 501. The fraction of sp³-hybridized carbons (Fsp3) is 0.800. The summed E-state index contributed by atoms with van der Waals surface area (Å²) in [4.78, 5) is 2.43. The molecule has 2 heterocycles. The third-order valence-electron chi connectivity index (χ3n) is 4.31. The lowest BCUT2D eigenvalue weighted by molar-refractivity contribution is 0.173. The van der Waals surface area contributed by atoms with Crippen LogP contribution in [0.2, 0.25) is 0 Å². The van der Waals surface area contributed by atoms with Crippen molar-refractivity contribution in [2.75, 3.05) is 39.7 Å². The maximum atomic E-state index is 11.8. The van der Waals surface area contributed by atoms with Gasteiger partial charge in [0.25, 0.3) is 5.88 Å². The fourth-order valence-electron chi connectivity index (χ4n) is 2.86. The summed E-state index contributed by atoms with van der Waals surface area (Å²) in [5.41, 5.74) is 1.06. The highest BCUT2D eigenvalue weighted by atomic mass is 31.2. The zero-order valence-corrected chi connectivity index (χ0v) is 14.5. The number of hydrogen-bond acceptors (Lipinski definition) is 5. The Kier molecular flexibility index (Phi) is 5.50. The third-order valence-corrected chi connectivity index (χ3v) is 5.64. The van der Waals surface area contributed by atoms with Crippen LogP contribution in [0.15, 0.2) is 4.52 Å². The third kappa shape index (κ3) is 4.86. The van der Waals surface area contributed by atoms with Gasteiger partial charge in [0.15, 0.2) is 0 Å². The monoisotopic (exact) mass is 314 g/mol. The van der Waals surface area contributed by atoms with Gasteiger partial charge in [0.05, 0.1) is 19.8 Å². The summed E-state index contributed by atoms with van der Waals surface area (Å²) < 4.78 is 22.2. The van der Waals surface area contributed by atoms with Crippen molar-refractivity contribution in [1.82, 2.24) is 10.1 Å². The number of hydrogen-bond donors (Lipinski definition) is 0. The minimum Gasteiger partial charge on any atom is -0.479 e. The van der Waals surface area contributed by atoms with Crippen molar-refractivity contribution in [3.8, 4) is 5.88 Å². The molecule has 0 aliphatic carbocycles. The van der Waals surface area contributed by atoms with Crippen LogP contribution in [0.25, 0.3) is 0 Å². The quantitative estimate of drug-likeness (QED) is 0.755. The van der Waals surface area contributed by atoms with Crippen LogP contribution >= 0.6 is 7.14 Å². The van der Waals surface area contributed by atoms with E-state index in [1.165, 1.54) is 12.8 Å². The molecule has 5 nitrogen and oxygen atoms in total. The van der Waals surface area contributed by atoms with Crippen LogP contribution in [-0.4, -0.2) is 49.7 Å². The smallest absolute Gasteiger partial charge is 0.258 e. The van der Waals surface area contributed by atoms with Crippen molar-refractivity contribution >= 4 is 7.14 Å². The van der Waals surface area contributed by atoms with E-state index in [9.17, 15) is 4.57 Å². The van der Waals surface area contributed by atoms with Crippen molar-refractivity contribution in [2.45, 2.75) is 32.7 Å². The van der Waals surface area contributed by atoms with Gasteiger partial charge >= 0.3 is 0 Å². The minimum atomic E-state index is -1.86. The molecule has 0 bridgehead atoms. The number of piperidine rings is 1. The Balaban J connectivity index is 1.81. The van der Waals surface area contributed by atoms with Gasteiger partial charge in [0, 0.05) is 12.7 Å². The Hall–Kier alpha value is -0.800. The molecule has 1 saturated heterocycles. The molecule has 1 fully saturated rings. The molecule has 1 aliphatic rings. The second-order valence-electron chi connectivity index (χ2n) is 6.53. The average Bonchev–Trinajstić information content (AvgIpc) is 2.78. The van der Waals surface area contributed by atoms with E-state index in [-0.39, 0.29) is 0 Å². The molecule has 0 aromatic carbocycles. The lowest BCUT2D eigenvalue weighted by Crippen LogP contribution is -2.33. The van der Waals surface area contributed by atoms with Gasteiger partial charge in [0.1, 0.15) is 5.76 Å². The van der Waals surface area contributed by atoms with E-state index in [1.807, 2.05) is 20.3 Å². The first-order chi connectivity index (χ1) is 9.89. The summed E-state index contributed by atoms with van der Waals surface area (Å²) in [6.45, 7) is 8.71. The van der Waals surface area contributed by atoms with E-state index in [0.29, 0.717) is 5.88 Å². The van der Waals surface area contributed by atoms with E-state index < -0.39 is 7.14 Å². The molecular formula is C15H27N2O3P. The molecule has 0 N–H and O–H groups in total. The van der Waals surface area contributed by atoms with Gasteiger partial charge in [-0.05, 0) is 63.7 Å². The fourth-order valence-corrected chi connectivity index (χ4v) is 3.85.